The Labute approximate surface area is 199 Å². The second-order valence-corrected chi connectivity index (χ2v) is 8.48. The number of benzene rings is 3. The van der Waals surface area contributed by atoms with Gasteiger partial charge in [-0.05, 0) is 52.9 Å². The lowest BCUT2D eigenvalue weighted by Crippen LogP contribution is -2.29. The average Bonchev–Trinajstić information content (AvgIpc) is 3.46. The Morgan fingerprint density at radius 2 is 1.57 bits per heavy atom. The van der Waals surface area contributed by atoms with Gasteiger partial charge in [0, 0.05) is 23.3 Å². The lowest BCUT2D eigenvalue weighted by Gasteiger charge is -2.22. The third-order valence-electron chi connectivity index (χ3n) is 6.50. The van der Waals surface area contributed by atoms with E-state index in [0.29, 0.717) is 52.9 Å². The molecule has 35 heavy (non-hydrogen) atoms. The highest BCUT2D eigenvalue weighted by Crippen LogP contribution is 2.48. The van der Waals surface area contributed by atoms with E-state index in [9.17, 15) is 9.59 Å². The van der Waals surface area contributed by atoms with Crippen LogP contribution in [-0.4, -0.2) is 41.7 Å². The zero-order valence-electron chi connectivity index (χ0n) is 18.4. The molecule has 8 nitrogen and oxygen atoms in total. The summed E-state index contributed by atoms with van der Waals surface area (Å²) in [6.45, 7) is 1.13. The van der Waals surface area contributed by atoms with Crippen LogP contribution in [0.3, 0.4) is 0 Å². The van der Waals surface area contributed by atoms with Gasteiger partial charge in [0.05, 0.1) is 17.7 Å². The molecule has 0 N–H and O–H groups in total. The van der Waals surface area contributed by atoms with Gasteiger partial charge in [-0.15, -0.1) is 0 Å². The Balaban J connectivity index is 1.49. The van der Waals surface area contributed by atoms with Gasteiger partial charge >= 0.3 is 0 Å². The Morgan fingerprint density at radius 1 is 0.771 bits per heavy atom. The number of carbonyl (C=O) groups excluding carboxylic acids is 2. The molecular formula is C27H18N2O6. The third kappa shape index (κ3) is 2.96. The molecule has 172 valence electrons. The van der Waals surface area contributed by atoms with Gasteiger partial charge in [0.1, 0.15) is 13.2 Å². The van der Waals surface area contributed by atoms with E-state index in [2.05, 4.69) is 4.98 Å². The second-order valence-electron chi connectivity index (χ2n) is 8.48. The molecule has 3 aliphatic rings. The minimum Gasteiger partial charge on any atom is -0.486 e. The van der Waals surface area contributed by atoms with Crippen LogP contribution in [0.2, 0.25) is 0 Å². The number of pyridine rings is 1. The molecule has 4 aromatic rings. The first-order valence-corrected chi connectivity index (χ1v) is 11.2. The second kappa shape index (κ2) is 7.46. The Bertz CT molecular complexity index is 1550. The van der Waals surface area contributed by atoms with Crippen LogP contribution in [0, 0.1) is 0 Å². The van der Waals surface area contributed by atoms with E-state index < -0.39 is 0 Å². The maximum absolute atomic E-state index is 13.8. The molecule has 0 radical (unpaired) electrons. The van der Waals surface area contributed by atoms with Crippen molar-refractivity contribution in [2.45, 2.75) is 6.54 Å². The maximum atomic E-state index is 13.8. The fraction of sp³-hybridized carbons (Fsp3) is 0.148. The first-order valence-electron chi connectivity index (χ1n) is 11.2. The molecule has 0 saturated carbocycles. The highest BCUT2D eigenvalue weighted by atomic mass is 16.7. The van der Waals surface area contributed by atoms with E-state index in [1.54, 1.807) is 30.6 Å². The first-order chi connectivity index (χ1) is 17.2. The number of carbonyl (C=O) groups is 2. The van der Waals surface area contributed by atoms with Crippen LogP contribution in [-0.2, 0) is 6.54 Å². The summed E-state index contributed by atoms with van der Waals surface area (Å²) in [5.74, 6) is 1.70. The number of hydrogen-bond donors (Lipinski definition) is 0. The van der Waals surface area contributed by atoms with E-state index >= 15 is 0 Å². The van der Waals surface area contributed by atoms with Crippen molar-refractivity contribution in [1.82, 2.24) is 9.88 Å². The lowest BCUT2D eigenvalue weighted by atomic mass is 9.89. The minimum absolute atomic E-state index is 0.135. The Morgan fingerprint density at radius 3 is 2.46 bits per heavy atom. The van der Waals surface area contributed by atoms with Crippen molar-refractivity contribution in [3.63, 3.8) is 0 Å². The van der Waals surface area contributed by atoms with Crippen molar-refractivity contribution in [3.05, 3.63) is 77.6 Å². The van der Waals surface area contributed by atoms with Gasteiger partial charge in [0.2, 0.25) is 6.79 Å². The largest absolute Gasteiger partial charge is 0.486 e. The van der Waals surface area contributed by atoms with Crippen molar-refractivity contribution < 1.29 is 28.5 Å². The van der Waals surface area contributed by atoms with E-state index in [1.165, 1.54) is 4.90 Å². The molecule has 3 aliphatic heterocycles. The SMILES string of the molecule is O=C1c2cc3ccc4c(c3c(-c3ccc5c(c3)OCO5)c2C(=O)N1Cc1ccncc1)OCCO4. The van der Waals surface area contributed by atoms with E-state index in [1.807, 2.05) is 30.3 Å². The molecule has 0 fully saturated rings. The summed E-state index contributed by atoms with van der Waals surface area (Å²) < 4.78 is 23.0. The summed E-state index contributed by atoms with van der Waals surface area (Å²) in [5.41, 5.74) is 2.87. The van der Waals surface area contributed by atoms with Gasteiger partial charge in [-0.1, -0.05) is 12.1 Å². The van der Waals surface area contributed by atoms with Gasteiger partial charge in [-0.25, -0.2) is 0 Å². The van der Waals surface area contributed by atoms with Gasteiger partial charge in [-0.2, -0.15) is 0 Å². The van der Waals surface area contributed by atoms with Gasteiger partial charge in [0.15, 0.2) is 23.0 Å². The van der Waals surface area contributed by atoms with Crippen molar-refractivity contribution in [3.8, 4) is 34.1 Å². The summed E-state index contributed by atoms with van der Waals surface area (Å²) in [7, 11) is 0. The van der Waals surface area contributed by atoms with Crippen molar-refractivity contribution in [1.29, 1.82) is 0 Å². The number of aromatic nitrogens is 1. The molecule has 2 amide bonds. The van der Waals surface area contributed by atoms with E-state index in [-0.39, 0.29) is 25.2 Å². The molecule has 0 unspecified atom stereocenters. The van der Waals surface area contributed by atoms with Crippen molar-refractivity contribution in [2.75, 3.05) is 20.0 Å². The molecule has 8 heteroatoms. The number of hydrogen-bond acceptors (Lipinski definition) is 7. The molecule has 0 aliphatic carbocycles. The zero-order chi connectivity index (χ0) is 23.5. The van der Waals surface area contributed by atoms with Crippen LogP contribution in [0.25, 0.3) is 21.9 Å². The fourth-order valence-electron chi connectivity index (χ4n) is 4.92. The molecule has 7 rings (SSSR count). The summed E-state index contributed by atoms with van der Waals surface area (Å²) in [4.78, 5) is 32.6. The molecule has 1 aromatic heterocycles. The summed E-state index contributed by atoms with van der Waals surface area (Å²) in [6, 6.07) is 14.6. The Kier molecular flexibility index (Phi) is 4.23. The van der Waals surface area contributed by atoms with Crippen molar-refractivity contribution >= 4 is 22.6 Å². The van der Waals surface area contributed by atoms with Crippen LogP contribution in [0.1, 0.15) is 26.3 Å². The van der Waals surface area contributed by atoms with Gasteiger partial charge in [0.25, 0.3) is 11.8 Å². The molecular weight excluding hydrogens is 448 g/mol. The normalized spacial score (nSPS) is 15.6. The summed E-state index contributed by atoms with van der Waals surface area (Å²) in [6.07, 6.45) is 3.28. The van der Waals surface area contributed by atoms with Crippen LogP contribution in [0.15, 0.2) is 60.9 Å². The van der Waals surface area contributed by atoms with Crippen LogP contribution >= 0.6 is 0 Å². The lowest BCUT2D eigenvalue weighted by molar-refractivity contribution is 0.0642. The number of nitrogens with zero attached hydrogens (tertiary/aromatic N) is 2. The van der Waals surface area contributed by atoms with Crippen molar-refractivity contribution in [2.24, 2.45) is 0 Å². The number of fused-ring (bicyclic) bond motifs is 5. The molecule has 3 aromatic carbocycles. The predicted molar refractivity (Wildman–Crippen MR) is 125 cm³/mol. The Hall–Kier alpha value is -4.59. The molecule has 0 saturated heterocycles. The third-order valence-corrected chi connectivity index (χ3v) is 6.50. The summed E-state index contributed by atoms with van der Waals surface area (Å²) >= 11 is 0. The van der Waals surface area contributed by atoms with E-state index in [0.717, 1.165) is 21.9 Å². The molecule has 0 atom stereocenters. The van der Waals surface area contributed by atoms with E-state index in [4.69, 9.17) is 18.9 Å². The predicted octanol–water partition coefficient (Wildman–Crippen LogP) is 4.20. The molecule has 0 spiro atoms. The van der Waals surface area contributed by atoms with Crippen LogP contribution < -0.4 is 18.9 Å². The smallest absolute Gasteiger partial charge is 0.262 e. The number of rotatable bonds is 3. The van der Waals surface area contributed by atoms with Gasteiger partial charge in [-0.3, -0.25) is 19.5 Å². The number of amides is 2. The van der Waals surface area contributed by atoms with Crippen LogP contribution in [0.4, 0.5) is 0 Å². The minimum atomic E-state index is -0.356. The monoisotopic (exact) mass is 466 g/mol. The highest BCUT2D eigenvalue weighted by Gasteiger charge is 2.40. The maximum Gasteiger partial charge on any atom is 0.262 e. The number of imide groups is 1. The topological polar surface area (TPSA) is 87.2 Å². The highest BCUT2D eigenvalue weighted by molar-refractivity contribution is 6.28. The zero-order valence-corrected chi connectivity index (χ0v) is 18.4. The van der Waals surface area contributed by atoms with Crippen LogP contribution in [0.5, 0.6) is 23.0 Å². The molecule has 4 heterocycles. The summed E-state index contributed by atoms with van der Waals surface area (Å²) in [5, 5.41) is 1.51. The average molecular weight is 466 g/mol. The number of ether oxygens (including phenoxy) is 4. The van der Waals surface area contributed by atoms with Gasteiger partial charge < -0.3 is 18.9 Å². The standard InChI is InChI=1S/C27H18N2O6/c30-26-18-11-16-2-4-20-25(33-10-9-32-20)23(16)22(17-1-3-19-21(12-17)35-14-34-19)24(18)27(31)29(26)13-15-5-7-28-8-6-15/h1-8,11-12H,9-10,13-14H2. The molecule has 0 bridgehead atoms. The fourth-order valence-corrected chi connectivity index (χ4v) is 4.92. The first kappa shape index (κ1) is 19.8. The quantitative estimate of drug-likeness (QED) is 0.418.